The topological polar surface area (TPSA) is 24.9 Å². The van der Waals surface area contributed by atoms with E-state index >= 15 is 0 Å². The van der Waals surface area contributed by atoms with Gasteiger partial charge >= 0.3 is 0 Å². The molecule has 0 fully saturated rings. The van der Waals surface area contributed by atoms with Gasteiger partial charge in [-0.3, -0.25) is 9.71 Å². The van der Waals surface area contributed by atoms with Gasteiger partial charge in [0.2, 0.25) is 0 Å². The highest BCUT2D eigenvalue weighted by Gasteiger charge is 2.34. The number of aromatic nitrogens is 1. The monoisotopic (exact) mass is 476 g/mol. The molecule has 0 saturated carbocycles. The van der Waals surface area contributed by atoms with Crippen LogP contribution in [-0.2, 0) is 6.42 Å². The van der Waals surface area contributed by atoms with Crippen molar-refractivity contribution < 1.29 is 0 Å². The Morgan fingerprint density at radius 2 is 1.67 bits per heavy atom. The second kappa shape index (κ2) is 8.72. The maximum absolute atomic E-state index is 6.61. The predicted molar refractivity (Wildman–Crippen MR) is 132 cm³/mol. The van der Waals surface area contributed by atoms with E-state index in [2.05, 4.69) is 30.9 Å². The maximum atomic E-state index is 6.61. The average Bonchev–Trinajstić information content (AvgIpc) is 2.67. The molecule has 30 heavy (non-hydrogen) atoms. The van der Waals surface area contributed by atoms with Gasteiger partial charge in [-0.15, -0.1) is 0 Å². The summed E-state index contributed by atoms with van der Waals surface area (Å²) < 4.78 is 3.57. The van der Waals surface area contributed by atoms with Crippen molar-refractivity contribution in [1.82, 2.24) is 9.71 Å². The lowest BCUT2D eigenvalue weighted by atomic mass is 9.73. The first-order valence-electron chi connectivity index (χ1n) is 9.81. The lowest BCUT2D eigenvalue weighted by molar-refractivity contribution is 0.272. The smallest absolute Gasteiger partial charge is 0.0798 e. The van der Waals surface area contributed by atoms with Crippen LogP contribution in [0.15, 0.2) is 48.5 Å². The first-order valence-corrected chi connectivity index (χ1v) is 12.2. The van der Waals surface area contributed by atoms with Gasteiger partial charge in [-0.1, -0.05) is 72.7 Å². The molecule has 6 heteroatoms. The number of benzene rings is 2. The molecule has 1 N–H and O–H groups in total. The number of fused-ring (bicyclic) bond motifs is 1. The molecule has 4 rings (SSSR count). The Balaban J connectivity index is 1.97. The van der Waals surface area contributed by atoms with E-state index < -0.39 is 0 Å². The summed E-state index contributed by atoms with van der Waals surface area (Å²) in [5, 5.41) is 1.92. The Labute approximate surface area is 197 Å². The molecule has 1 heterocycles. The van der Waals surface area contributed by atoms with E-state index in [1.165, 1.54) is 5.56 Å². The van der Waals surface area contributed by atoms with E-state index in [0.717, 1.165) is 40.9 Å². The highest BCUT2D eigenvalue weighted by Crippen LogP contribution is 2.45. The van der Waals surface area contributed by atoms with Crippen molar-refractivity contribution in [1.29, 1.82) is 0 Å². The largest absolute Gasteiger partial charge is 0.257 e. The second-order valence-corrected chi connectivity index (χ2v) is 10.4. The van der Waals surface area contributed by atoms with Crippen molar-refractivity contribution in [3.05, 3.63) is 74.9 Å². The molecule has 0 saturated heterocycles. The van der Waals surface area contributed by atoms with Crippen LogP contribution in [0.2, 0.25) is 15.1 Å². The van der Waals surface area contributed by atoms with Crippen molar-refractivity contribution in [3.63, 3.8) is 0 Å². The molecule has 0 bridgehead atoms. The van der Waals surface area contributed by atoms with Gasteiger partial charge in [0.25, 0.3) is 0 Å². The molecule has 1 aliphatic carbocycles. The average molecular weight is 478 g/mol. The van der Waals surface area contributed by atoms with Crippen molar-refractivity contribution in [2.24, 2.45) is 5.41 Å². The summed E-state index contributed by atoms with van der Waals surface area (Å²) in [4.78, 5) is 5.19. The minimum atomic E-state index is 0.163. The van der Waals surface area contributed by atoms with Crippen LogP contribution in [0.4, 0.5) is 0 Å². The van der Waals surface area contributed by atoms with Crippen LogP contribution in [-0.4, -0.2) is 11.2 Å². The van der Waals surface area contributed by atoms with E-state index in [9.17, 15) is 0 Å². The zero-order chi connectivity index (χ0) is 21.5. The molecule has 0 amide bonds. The Morgan fingerprint density at radius 3 is 2.33 bits per heavy atom. The Kier molecular flexibility index (Phi) is 6.39. The molecule has 2 aromatic carbocycles. The summed E-state index contributed by atoms with van der Waals surface area (Å²) in [6.07, 6.45) is 4.05. The van der Waals surface area contributed by atoms with Gasteiger partial charge < -0.3 is 0 Å². The number of nitrogens with one attached hydrogen (secondary N) is 1. The minimum Gasteiger partial charge on any atom is -0.257 e. The van der Waals surface area contributed by atoms with Crippen molar-refractivity contribution in [3.8, 4) is 22.4 Å². The third-order valence-electron chi connectivity index (χ3n) is 5.51. The van der Waals surface area contributed by atoms with Crippen LogP contribution in [0.1, 0.15) is 37.6 Å². The zero-order valence-corrected chi connectivity index (χ0v) is 20.2. The van der Waals surface area contributed by atoms with Crippen LogP contribution < -0.4 is 4.72 Å². The third-order valence-corrected chi connectivity index (χ3v) is 6.83. The molecule has 1 unspecified atom stereocenters. The SMILES string of the molecule is CSNC1CC(C)(C)Cc2nc(-c3ccc(Cl)cc3Cl)c(-c3ccc(Cl)cc3)cc21. The van der Waals surface area contributed by atoms with Gasteiger partial charge in [0.15, 0.2) is 0 Å². The van der Waals surface area contributed by atoms with Crippen LogP contribution in [0.25, 0.3) is 22.4 Å². The Bertz CT molecular complexity index is 1080. The molecule has 2 nitrogen and oxygen atoms in total. The fraction of sp³-hybridized carbons (Fsp3) is 0.292. The lowest BCUT2D eigenvalue weighted by Gasteiger charge is -2.37. The first-order chi connectivity index (χ1) is 14.3. The third kappa shape index (κ3) is 4.51. The van der Waals surface area contributed by atoms with E-state index in [1.54, 1.807) is 18.0 Å². The molecule has 0 spiro atoms. The van der Waals surface area contributed by atoms with Crippen molar-refractivity contribution in [2.45, 2.75) is 32.7 Å². The maximum Gasteiger partial charge on any atom is 0.0798 e. The molecular weight excluding hydrogens is 455 g/mol. The molecule has 156 valence electrons. The fourth-order valence-electron chi connectivity index (χ4n) is 4.18. The van der Waals surface area contributed by atoms with Crippen molar-refractivity contribution in [2.75, 3.05) is 6.26 Å². The zero-order valence-electron chi connectivity index (χ0n) is 17.1. The summed E-state index contributed by atoms with van der Waals surface area (Å²) in [5.41, 5.74) is 6.39. The molecule has 1 aromatic heterocycles. The summed E-state index contributed by atoms with van der Waals surface area (Å²) in [6.45, 7) is 4.60. The highest BCUT2D eigenvalue weighted by molar-refractivity contribution is 7.96. The number of nitrogens with zero attached hydrogens (tertiary/aromatic N) is 1. The van der Waals surface area contributed by atoms with Gasteiger partial charge in [-0.05, 0) is 72.0 Å². The summed E-state index contributed by atoms with van der Waals surface area (Å²) in [7, 11) is 0. The summed E-state index contributed by atoms with van der Waals surface area (Å²) in [5.74, 6) is 0. The number of halogens is 3. The van der Waals surface area contributed by atoms with Gasteiger partial charge in [0.05, 0.1) is 10.7 Å². The number of pyridine rings is 1. The fourth-order valence-corrected chi connectivity index (χ4v) is 5.30. The number of rotatable bonds is 4. The molecule has 0 aliphatic heterocycles. The molecule has 0 radical (unpaired) electrons. The highest BCUT2D eigenvalue weighted by atomic mass is 35.5. The van der Waals surface area contributed by atoms with E-state index in [4.69, 9.17) is 39.8 Å². The molecular formula is C24H23Cl3N2S. The van der Waals surface area contributed by atoms with Gasteiger partial charge in [0.1, 0.15) is 0 Å². The van der Waals surface area contributed by atoms with Crippen LogP contribution in [0.5, 0.6) is 0 Å². The second-order valence-electron chi connectivity index (χ2n) is 8.47. The van der Waals surface area contributed by atoms with E-state index in [-0.39, 0.29) is 11.5 Å². The Morgan fingerprint density at radius 1 is 0.967 bits per heavy atom. The number of hydrogen-bond donors (Lipinski definition) is 1. The standard InChI is InChI=1S/C24H23Cl3N2S/c1-24(2)12-21-19(22(13-24)29-30-3)11-18(14-4-6-15(25)7-5-14)23(28-21)17-9-8-16(26)10-20(17)27/h4-11,22,29H,12-13H2,1-3H3. The van der Waals surface area contributed by atoms with Gasteiger partial charge in [-0.25, -0.2) is 0 Å². The van der Waals surface area contributed by atoms with Crippen LogP contribution >= 0.6 is 46.8 Å². The summed E-state index contributed by atoms with van der Waals surface area (Å²) in [6, 6.07) is 16.0. The molecule has 1 aliphatic rings. The quantitative estimate of drug-likeness (QED) is 0.383. The normalized spacial score (nSPS) is 17.6. The van der Waals surface area contributed by atoms with Crippen molar-refractivity contribution >= 4 is 46.8 Å². The van der Waals surface area contributed by atoms with Crippen LogP contribution in [0.3, 0.4) is 0 Å². The summed E-state index contributed by atoms with van der Waals surface area (Å²) >= 11 is 20.6. The predicted octanol–water partition coefficient (Wildman–Crippen LogP) is 8.26. The van der Waals surface area contributed by atoms with Crippen LogP contribution in [0, 0.1) is 5.41 Å². The molecule has 1 atom stereocenters. The van der Waals surface area contributed by atoms with E-state index in [0.29, 0.717) is 15.1 Å². The minimum absolute atomic E-state index is 0.163. The van der Waals surface area contributed by atoms with Gasteiger partial charge in [0, 0.05) is 32.9 Å². The lowest BCUT2D eigenvalue weighted by Crippen LogP contribution is -2.31. The first kappa shape index (κ1) is 22.0. The molecule has 3 aromatic rings. The number of hydrogen-bond acceptors (Lipinski definition) is 3. The van der Waals surface area contributed by atoms with Gasteiger partial charge in [-0.2, -0.15) is 0 Å². The van der Waals surface area contributed by atoms with E-state index in [1.807, 2.05) is 36.4 Å². The Hall–Kier alpha value is -1.23.